The van der Waals surface area contributed by atoms with E-state index in [0.29, 0.717) is 18.4 Å². The highest BCUT2D eigenvalue weighted by Crippen LogP contribution is 2.30. The lowest BCUT2D eigenvalue weighted by Crippen LogP contribution is -2.48. The van der Waals surface area contributed by atoms with Crippen molar-refractivity contribution in [1.29, 1.82) is 5.26 Å². The number of nitrogens with zero attached hydrogens (tertiary/aromatic N) is 3. The first kappa shape index (κ1) is 29.4. The van der Waals surface area contributed by atoms with Crippen molar-refractivity contribution in [3.63, 3.8) is 0 Å². The molecule has 1 fully saturated rings. The third kappa shape index (κ3) is 8.71. The van der Waals surface area contributed by atoms with Crippen LogP contribution in [0.15, 0.2) is 36.4 Å². The molecule has 0 aromatic heterocycles. The second-order valence-corrected chi connectivity index (χ2v) is 9.61. The first-order valence-corrected chi connectivity index (χ1v) is 13.6. The van der Waals surface area contributed by atoms with E-state index in [1.165, 1.54) is 43.0 Å². The Hall–Kier alpha value is -3.15. The van der Waals surface area contributed by atoms with Gasteiger partial charge in [0.2, 0.25) is 0 Å². The Kier molecular flexibility index (Phi) is 11.8. The minimum Gasteiger partial charge on any atom is -0.488 e. The van der Waals surface area contributed by atoms with E-state index >= 15 is 0 Å². The number of unbranched alkanes of at least 4 members (excludes halogenated alkanes) is 2. The molecule has 3 rings (SSSR count). The second kappa shape index (κ2) is 15.3. The van der Waals surface area contributed by atoms with Gasteiger partial charge in [0.05, 0.1) is 18.2 Å². The molecule has 206 valence electrons. The van der Waals surface area contributed by atoms with Gasteiger partial charge in [-0.3, -0.25) is 9.80 Å². The summed E-state index contributed by atoms with van der Waals surface area (Å²) in [7, 11) is 0. The molecule has 0 bridgehead atoms. The second-order valence-electron chi connectivity index (χ2n) is 9.61. The number of piperazine rings is 1. The maximum Gasteiger partial charge on any atom is 0.344 e. The molecule has 38 heavy (non-hydrogen) atoms. The Morgan fingerprint density at radius 2 is 1.84 bits per heavy atom. The maximum absolute atomic E-state index is 13.7. The van der Waals surface area contributed by atoms with Crippen LogP contribution < -0.4 is 9.47 Å². The minimum absolute atomic E-state index is 0.190. The van der Waals surface area contributed by atoms with E-state index in [2.05, 4.69) is 34.9 Å². The molecule has 2 aromatic rings. The number of hydrogen-bond donors (Lipinski definition) is 0. The van der Waals surface area contributed by atoms with Gasteiger partial charge in [0.1, 0.15) is 12.4 Å². The topological polar surface area (TPSA) is 75.0 Å². The minimum atomic E-state index is -0.509. The molecular weight excluding hydrogens is 485 g/mol. The van der Waals surface area contributed by atoms with Gasteiger partial charge >= 0.3 is 5.97 Å². The van der Waals surface area contributed by atoms with Gasteiger partial charge in [0.25, 0.3) is 0 Å². The predicted octanol–water partition coefficient (Wildman–Crippen LogP) is 5.27. The molecule has 1 saturated heterocycles. The Morgan fingerprint density at radius 1 is 1.05 bits per heavy atom. The summed E-state index contributed by atoms with van der Waals surface area (Å²) in [4.78, 5) is 16.5. The summed E-state index contributed by atoms with van der Waals surface area (Å²) in [5.41, 5.74) is 3.06. The number of halogens is 1. The summed E-state index contributed by atoms with van der Waals surface area (Å²) in [6.07, 6.45) is 4.71. The van der Waals surface area contributed by atoms with Crippen molar-refractivity contribution < 1.29 is 23.4 Å². The molecule has 1 aliphatic heterocycles. The molecule has 0 amide bonds. The molecule has 1 aliphatic rings. The van der Waals surface area contributed by atoms with Crippen LogP contribution >= 0.6 is 0 Å². The van der Waals surface area contributed by atoms with Crippen molar-refractivity contribution in [2.24, 2.45) is 0 Å². The molecule has 0 aliphatic carbocycles. The van der Waals surface area contributed by atoms with Crippen LogP contribution in [-0.2, 0) is 9.53 Å². The highest BCUT2D eigenvalue weighted by atomic mass is 19.1. The van der Waals surface area contributed by atoms with E-state index in [0.717, 1.165) is 50.3 Å². The number of hydrogen-bond acceptors (Lipinski definition) is 7. The maximum atomic E-state index is 13.7. The lowest BCUT2D eigenvalue weighted by molar-refractivity contribution is -0.145. The van der Waals surface area contributed by atoms with E-state index in [9.17, 15) is 14.4 Å². The summed E-state index contributed by atoms with van der Waals surface area (Å²) in [5.74, 6) is -0.375. The van der Waals surface area contributed by atoms with Gasteiger partial charge in [0, 0.05) is 44.8 Å². The molecule has 0 radical (unpaired) electrons. The summed E-state index contributed by atoms with van der Waals surface area (Å²) in [6, 6.07) is 12.9. The van der Waals surface area contributed by atoms with E-state index in [-0.39, 0.29) is 19.0 Å². The highest BCUT2D eigenvalue weighted by molar-refractivity contribution is 5.71. The monoisotopic (exact) mass is 525 g/mol. The summed E-state index contributed by atoms with van der Waals surface area (Å²) in [6.45, 7) is 10.9. The molecule has 1 atom stereocenters. The standard InChI is InChI=1S/C30H40FN3O4/c1-4-6-7-8-27(24-9-10-25(21-32)23(3)19-24)34-15-13-33(14-16-34)17-18-37-28-12-11-26(31)20-29(28)38-22-30(35)36-5-2/h9-12,19-20,27H,4-8,13-18,22H2,1-3H3. The number of carbonyl (C=O) groups is 1. The zero-order valence-corrected chi connectivity index (χ0v) is 22.9. The number of aryl methyl sites for hydroxylation is 1. The van der Waals surface area contributed by atoms with Crippen molar-refractivity contribution in [3.8, 4) is 17.6 Å². The molecule has 0 spiro atoms. The smallest absolute Gasteiger partial charge is 0.344 e. The number of esters is 1. The van der Waals surface area contributed by atoms with Crippen LogP contribution in [0.25, 0.3) is 0 Å². The van der Waals surface area contributed by atoms with Gasteiger partial charge in [-0.25, -0.2) is 9.18 Å². The molecule has 0 N–H and O–H groups in total. The van der Waals surface area contributed by atoms with Gasteiger partial charge < -0.3 is 14.2 Å². The van der Waals surface area contributed by atoms with Crippen molar-refractivity contribution >= 4 is 5.97 Å². The third-order valence-electron chi connectivity index (χ3n) is 6.91. The van der Waals surface area contributed by atoms with Gasteiger partial charge in [-0.2, -0.15) is 5.26 Å². The summed E-state index contributed by atoms with van der Waals surface area (Å²) in [5, 5.41) is 9.32. The number of carbonyl (C=O) groups excluding carboxylic acids is 1. The van der Waals surface area contributed by atoms with Gasteiger partial charge in [0.15, 0.2) is 18.1 Å². The first-order valence-electron chi connectivity index (χ1n) is 13.6. The van der Waals surface area contributed by atoms with E-state index in [1.54, 1.807) is 6.92 Å². The van der Waals surface area contributed by atoms with Gasteiger partial charge in [-0.15, -0.1) is 0 Å². The van der Waals surface area contributed by atoms with Crippen LogP contribution in [0.2, 0.25) is 0 Å². The Bertz CT molecular complexity index is 1080. The molecule has 7 nitrogen and oxygen atoms in total. The van der Waals surface area contributed by atoms with Crippen molar-refractivity contribution in [3.05, 3.63) is 58.9 Å². The van der Waals surface area contributed by atoms with E-state index in [4.69, 9.17) is 14.2 Å². The van der Waals surface area contributed by atoms with Crippen LogP contribution in [0.4, 0.5) is 4.39 Å². The van der Waals surface area contributed by atoms with E-state index < -0.39 is 11.8 Å². The van der Waals surface area contributed by atoms with Crippen molar-refractivity contribution in [2.75, 3.05) is 52.5 Å². The number of rotatable bonds is 14. The Morgan fingerprint density at radius 3 is 2.53 bits per heavy atom. The average Bonchev–Trinajstić information content (AvgIpc) is 2.92. The van der Waals surface area contributed by atoms with Crippen LogP contribution in [0.5, 0.6) is 11.5 Å². The van der Waals surface area contributed by atoms with E-state index in [1.807, 2.05) is 13.0 Å². The summed E-state index contributed by atoms with van der Waals surface area (Å²) < 4.78 is 30.0. The average molecular weight is 526 g/mol. The van der Waals surface area contributed by atoms with Crippen LogP contribution in [0.1, 0.15) is 62.3 Å². The summed E-state index contributed by atoms with van der Waals surface area (Å²) >= 11 is 0. The molecule has 8 heteroatoms. The van der Waals surface area contributed by atoms with Crippen LogP contribution in [0, 0.1) is 24.1 Å². The number of benzene rings is 2. The van der Waals surface area contributed by atoms with Crippen LogP contribution in [-0.4, -0.2) is 68.3 Å². The van der Waals surface area contributed by atoms with Gasteiger partial charge in [-0.1, -0.05) is 38.3 Å². The number of nitriles is 1. The van der Waals surface area contributed by atoms with Crippen molar-refractivity contribution in [2.45, 2.75) is 52.5 Å². The SMILES string of the molecule is CCCCCC(c1ccc(C#N)c(C)c1)N1CCN(CCOc2ccc(F)cc2OCC(=O)OCC)CC1. The zero-order valence-electron chi connectivity index (χ0n) is 22.9. The fraction of sp³-hybridized carbons (Fsp3) is 0.533. The fourth-order valence-electron chi connectivity index (χ4n) is 4.80. The predicted molar refractivity (Wildman–Crippen MR) is 145 cm³/mol. The third-order valence-corrected chi connectivity index (χ3v) is 6.91. The Balaban J connectivity index is 1.53. The quantitative estimate of drug-likeness (QED) is 0.246. The highest BCUT2D eigenvalue weighted by Gasteiger charge is 2.25. The lowest BCUT2D eigenvalue weighted by Gasteiger charge is -2.39. The molecule has 1 unspecified atom stereocenters. The number of ether oxygens (including phenoxy) is 3. The lowest BCUT2D eigenvalue weighted by atomic mass is 9.95. The molecule has 1 heterocycles. The molecule has 2 aromatic carbocycles. The van der Waals surface area contributed by atoms with Gasteiger partial charge in [-0.05, 0) is 49.6 Å². The molecular formula is C30H40FN3O4. The molecule has 0 saturated carbocycles. The van der Waals surface area contributed by atoms with Crippen molar-refractivity contribution in [1.82, 2.24) is 9.80 Å². The normalized spacial score (nSPS) is 15.0. The van der Waals surface area contributed by atoms with Crippen LogP contribution in [0.3, 0.4) is 0 Å². The fourth-order valence-corrected chi connectivity index (χ4v) is 4.80. The zero-order chi connectivity index (χ0) is 27.3. The largest absolute Gasteiger partial charge is 0.488 e. The first-order chi connectivity index (χ1) is 18.4. The Labute approximate surface area is 226 Å².